The van der Waals surface area contributed by atoms with Crippen LogP contribution in [-0.2, 0) is 9.31 Å². The molecule has 0 spiro atoms. The van der Waals surface area contributed by atoms with Gasteiger partial charge >= 0.3 is 7.12 Å². The van der Waals surface area contributed by atoms with E-state index in [1.54, 1.807) is 27.7 Å². The highest BCUT2D eigenvalue weighted by Crippen LogP contribution is 2.37. The van der Waals surface area contributed by atoms with Crippen LogP contribution in [0, 0.1) is 5.82 Å². The van der Waals surface area contributed by atoms with Crippen LogP contribution in [0.3, 0.4) is 0 Å². The van der Waals surface area contributed by atoms with E-state index >= 15 is 0 Å². The van der Waals surface area contributed by atoms with Gasteiger partial charge in [0, 0.05) is 0 Å². The molecule has 2 rings (SSSR count). The van der Waals surface area contributed by atoms with Gasteiger partial charge in [0.15, 0.2) is 0 Å². The van der Waals surface area contributed by atoms with Gasteiger partial charge in [-0.1, -0.05) is 6.04 Å². The van der Waals surface area contributed by atoms with E-state index in [1.807, 2.05) is 0 Å². The Bertz CT molecular complexity index is 661. The maximum atomic E-state index is 14.6. The molecule has 5 heteroatoms. The molecule has 1 aliphatic rings. The van der Waals surface area contributed by atoms with Crippen molar-refractivity contribution in [2.75, 3.05) is 7.04 Å². The highest BCUT2D eigenvalue weighted by atomic mass is 19.1. The van der Waals surface area contributed by atoms with Crippen molar-refractivity contribution in [1.29, 1.82) is 0 Å². The first-order valence-electron chi connectivity index (χ1n) is 8.52. The molecule has 0 unspecified atom stereocenters. The standard InChI is InChI=1S/C13H18BFO3/c1-12(2)13(3,4)18-14(17-12)11-9(15)7-6-8-10(11)16-5/h6-8H,1-5H3/i5D3,6D,7D,8D. The number of ether oxygens (including phenoxy) is 1. The average molecular weight is 258 g/mol. The molecule has 0 aliphatic carbocycles. The number of rotatable bonds is 2. The first kappa shape index (κ1) is 7.51. The minimum absolute atomic E-state index is 0.490. The lowest BCUT2D eigenvalue weighted by Gasteiger charge is -2.32. The summed E-state index contributed by atoms with van der Waals surface area (Å²) in [5.74, 6) is -1.87. The number of hydrogen-bond donors (Lipinski definition) is 0. The Morgan fingerprint density at radius 1 is 1.28 bits per heavy atom. The van der Waals surface area contributed by atoms with Crippen LogP contribution in [0.15, 0.2) is 18.1 Å². The van der Waals surface area contributed by atoms with Crippen molar-refractivity contribution in [2.45, 2.75) is 38.9 Å². The fourth-order valence-electron chi connectivity index (χ4n) is 1.63. The first-order valence-corrected chi connectivity index (χ1v) is 5.52. The monoisotopic (exact) mass is 258 g/mol. The van der Waals surface area contributed by atoms with Gasteiger partial charge < -0.3 is 14.0 Å². The van der Waals surface area contributed by atoms with E-state index in [0.717, 1.165) is 0 Å². The maximum Gasteiger partial charge on any atom is 0.501 e. The molecular formula is C13H18BFO3. The second kappa shape index (κ2) is 4.25. The molecule has 1 aromatic rings. The molecule has 0 N–H and O–H groups in total. The quantitative estimate of drug-likeness (QED) is 0.760. The predicted octanol–water partition coefficient (Wildman–Crippen LogP) is 2.13. The Hall–Kier alpha value is -1.07. The molecule has 18 heavy (non-hydrogen) atoms. The molecule has 1 fully saturated rings. The second-order valence-corrected chi connectivity index (χ2v) is 5.12. The number of methoxy groups -OCH3 is 1. The van der Waals surface area contributed by atoms with Crippen LogP contribution >= 0.6 is 0 Å². The Labute approximate surface area is 116 Å². The van der Waals surface area contributed by atoms with E-state index in [-0.39, 0.29) is 0 Å². The van der Waals surface area contributed by atoms with Crippen molar-refractivity contribution in [3.05, 3.63) is 23.9 Å². The summed E-state index contributed by atoms with van der Waals surface area (Å²) in [5.41, 5.74) is -2.17. The fourth-order valence-corrected chi connectivity index (χ4v) is 1.63. The molecule has 1 heterocycles. The van der Waals surface area contributed by atoms with Crippen molar-refractivity contribution < 1.29 is 26.7 Å². The number of benzene rings is 1. The Morgan fingerprint density at radius 3 is 2.44 bits per heavy atom. The smallest absolute Gasteiger partial charge is 0.497 e. The zero-order valence-electron chi connectivity index (χ0n) is 16.7. The largest absolute Gasteiger partial charge is 0.501 e. The van der Waals surface area contributed by atoms with Crippen molar-refractivity contribution in [1.82, 2.24) is 0 Å². The van der Waals surface area contributed by atoms with Crippen LogP contribution in [0.25, 0.3) is 0 Å². The summed E-state index contributed by atoms with van der Waals surface area (Å²) in [4.78, 5) is 0. The summed E-state index contributed by atoms with van der Waals surface area (Å²) >= 11 is 0. The van der Waals surface area contributed by atoms with Gasteiger partial charge in [-0.3, -0.25) is 0 Å². The maximum absolute atomic E-state index is 14.6. The lowest BCUT2D eigenvalue weighted by Crippen LogP contribution is -2.41. The minimum atomic E-state index is -2.96. The van der Waals surface area contributed by atoms with Crippen molar-refractivity contribution >= 4 is 12.6 Å². The van der Waals surface area contributed by atoms with Crippen LogP contribution in [-0.4, -0.2) is 25.4 Å². The molecule has 1 aromatic carbocycles. The normalized spacial score (nSPS) is 26.6. The molecule has 98 valence electrons. The van der Waals surface area contributed by atoms with E-state index in [2.05, 4.69) is 0 Å². The van der Waals surface area contributed by atoms with Crippen LogP contribution in [0.2, 0.25) is 0 Å². The van der Waals surface area contributed by atoms with Gasteiger partial charge in [-0.2, -0.15) is 0 Å². The van der Waals surface area contributed by atoms with Crippen LogP contribution in [0.5, 0.6) is 5.75 Å². The SMILES string of the molecule is [2H]c1c([2H])c(F)c(B2OC(C)(C)C(C)(C)O2)c(OC([2H])([2H])[2H])c1[2H]. The predicted molar refractivity (Wildman–Crippen MR) is 68.7 cm³/mol. The molecule has 3 nitrogen and oxygen atoms in total. The summed E-state index contributed by atoms with van der Waals surface area (Å²) in [6, 6.07) is -2.32. The third-order valence-corrected chi connectivity index (χ3v) is 3.42. The van der Waals surface area contributed by atoms with Gasteiger partial charge in [0.1, 0.15) is 11.6 Å². The van der Waals surface area contributed by atoms with Crippen molar-refractivity contribution in [2.24, 2.45) is 0 Å². The third-order valence-electron chi connectivity index (χ3n) is 3.42. The van der Waals surface area contributed by atoms with Crippen LogP contribution < -0.4 is 10.2 Å². The lowest BCUT2D eigenvalue weighted by atomic mass is 9.78. The second-order valence-electron chi connectivity index (χ2n) is 5.12. The zero-order valence-corrected chi connectivity index (χ0v) is 10.7. The van der Waals surface area contributed by atoms with E-state index in [1.165, 1.54) is 0 Å². The molecule has 0 radical (unpaired) electrons. The van der Waals surface area contributed by atoms with E-state index in [0.29, 0.717) is 0 Å². The van der Waals surface area contributed by atoms with E-state index in [9.17, 15) is 4.39 Å². The summed E-state index contributed by atoms with van der Waals surface area (Å²) < 4.78 is 75.4. The van der Waals surface area contributed by atoms with Gasteiger partial charge in [-0.25, -0.2) is 4.39 Å². The highest BCUT2D eigenvalue weighted by molar-refractivity contribution is 6.63. The number of halogens is 1. The minimum Gasteiger partial charge on any atom is -0.497 e. The molecule has 1 aliphatic heterocycles. The fraction of sp³-hybridized carbons (Fsp3) is 0.538. The van der Waals surface area contributed by atoms with Crippen LogP contribution in [0.1, 0.15) is 35.9 Å². The van der Waals surface area contributed by atoms with Gasteiger partial charge in [-0.05, 0) is 39.8 Å². The van der Waals surface area contributed by atoms with Gasteiger partial charge in [0.2, 0.25) is 0 Å². The summed E-state index contributed by atoms with van der Waals surface area (Å²) in [5, 5.41) is 0. The van der Waals surface area contributed by atoms with Gasteiger partial charge in [0.05, 0.1) is 31.9 Å². The Morgan fingerprint density at radius 2 is 1.89 bits per heavy atom. The Kier molecular flexibility index (Phi) is 1.77. The lowest BCUT2D eigenvalue weighted by molar-refractivity contribution is 0.00578. The molecular weight excluding hydrogens is 234 g/mol. The van der Waals surface area contributed by atoms with E-state index < -0.39 is 60.5 Å². The summed E-state index contributed by atoms with van der Waals surface area (Å²) in [7, 11) is -4.32. The Balaban J connectivity index is 2.65. The average Bonchev–Trinajstić information content (AvgIpc) is 2.60. The highest BCUT2D eigenvalue weighted by Gasteiger charge is 2.53. The molecule has 0 aromatic heterocycles. The molecule has 0 atom stereocenters. The third kappa shape index (κ3) is 2.02. The zero-order chi connectivity index (χ0) is 18.7. The summed E-state index contributed by atoms with van der Waals surface area (Å²) in [6.07, 6.45) is 0. The number of hydrogen-bond acceptors (Lipinski definition) is 3. The van der Waals surface area contributed by atoms with Gasteiger partial charge in [0.25, 0.3) is 0 Å². The van der Waals surface area contributed by atoms with E-state index in [4.69, 9.17) is 22.3 Å². The molecule has 1 saturated heterocycles. The first-order chi connectivity index (χ1) is 10.7. The van der Waals surface area contributed by atoms with Crippen LogP contribution in [0.4, 0.5) is 4.39 Å². The molecule has 0 saturated carbocycles. The van der Waals surface area contributed by atoms with Gasteiger partial charge in [-0.15, -0.1) is 0 Å². The summed E-state index contributed by atoms with van der Waals surface area (Å²) in [6.45, 7) is 6.88. The van der Waals surface area contributed by atoms with Crippen molar-refractivity contribution in [3.8, 4) is 5.75 Å². The van der Waals surface area contributed by atoms with Crippen molar-refractivity contribution in [3.63, 3.8) is 0 Å². The molecule has 0 amide bonds. The topological polar surface area (TPSA) is 27.7 Å². The molecule has 0 bridgehead atoms.